The van der Waals surface area contributed by atoms with E-state index in [1.54, 1.807) is 24.3 Å². The van der Waals surface area contributed by atoms with Crippen molar-refractivity contribution in [2.24, 2.45) is 5.41 Å². The van der Waals surface area contributed by atoms with Crippen LogP contribution in [0, 0.1) is 5.41 Å². The van der Waals surface area contributed by atoms with E-state index in [1.807, 2.05) is 36.4 Å². The first-order valence-electron chi connectivity index (χ1n) is 9.74. The molecule has 0 aliphatic rings. The van der Waals surface area contributed by atoms with Crippen LogP contribution >= 0.6 is 0 Å². The maximum atomic E-state index is 13.1. The lowest BCUT2D eigenvalue weighted by atomic mass is 9.79. The molecule has 2 aromatic rings. The van der Waals surface area contributed by atoms with E-state index in [9.17, 15) is 14.4 Å². The lowest BCUT2D eigenvalue weighted by molar-refractivity contribution is -0.174. The highest BCUT2D eigenvalue weighted by atomic mass is 16.6. The van der Waals surface area contributed by atoms with Crippen molar-refractivity contribution in [1.82, 2.24) is 0 Å². The number of carbonyl (C=O) groups is 3. The molecule has 6 heteroatoms. The van der Waals surface area contributed by atoms with Crippen LogP contribution in [0.1, 0.15) is 30.4 Å². The van der Waals surface area contributed by atoms with E-state index in [-0.39, 0.29) is 39.1 Å². The van der Waals surface area contributed by atoms with Gasteiger partial charge in [-0.2, -0.15) is 0 Å². The maximum Gasteiger partial charge on any atom is 0.324 e. The molecule has 0 saturated carbocycles. The number of carbonyl (C=O) groups excluding carboxylic acids is 3. The Kier molecular flexibility index (Phi) is 9.48. The molecule has 0 bridgehead atoms. The average molecular weight is 410 g/mol. The first kappa shape index (κ1) is 23.0. The van der Waals surface area contributed by atoms with E-state index in [4.69, 9.17) is 14.6 Å². The van der Waals surface area contributed by atoms with Crippen LogP contribution in [0.25, 0.3) is 0 Å². The van der Waals surface area contributed by atoms with Crippen molar-refractivity contribution in [1.29, 1.82) is 0 Å². The molecular weight excluding hydrogens is 384 g/mol. The topological polar surface area (TPSA) is 89.9 Å². The Hall–Kier alpha value is -3.25. The molecule has 0 heterocycles. The van der Waals surface area contributed by atoms with Gasteiger partial charge in [0, 0.05) is 6.42 Å². The highest BCUT2D eigenvalue weighted by Gasteiger charge is 2.47. The highest BCUT2D eigenvalue weighted by Crippen LogP contribution is 2.33. The smallest absolute Gasteiger partial charge is 0.324 e. The minimum Gasteiger partial charge on any atom is -0.460 e. The molecule has 0 saturated heterocycles. The first-order valence-corrected chi connectivity index (χ1v) is 9.74. The molecule has 0 spiro atoms. The number of hydrogen-bond acceptors (Lipinski definition) is 6. The number of ether oxygens (including phenoxy) is 2. The highest BCUT2D eigenvalue weighted by molar-refractivity contribution is 6.00. The van der Waals surface area contributed by atoms with Crippen molar-refractivity contribution in [3.05, 3.63) is 83.9 Å². The Morgan fingerprint density at radius 3 is 1.77 bits per heavy atom. The number of aliphatic hydroxyl groups excluding tert-OH is 1. The van der Waals surface area contributed by atoms with Crippen LogP contribution in [0.15, 0.2) is 72.8 Å². The molecule has 6 nitrogen and oxygen atoms in total. The van der Waals surface area contributed by atoms with Gasteiger partial charge in [-0.25, -0.2) is 0 Å². The van der Waals surface area contributed by atoms with Gasteiger partial charge in [0.2, 0.25) is 0 Å². The lowest BCUT2D eigenvalue weighted by Crippen LogP contribution is -2.42. The molecule has 2 rings (SSSR count). The van der Waals surface area contributed by atoms with E-state index >= 15 is 0 Å². The van der Waals surface area contributed by atoms with Crippen molar-refractivity contribution in [3.8, 4) is 0 Å². The van der Waals surface area contributed by atoms with Crippen LogP contribution in [-0.4, -0.2) is 29.9 Å². The van der Waals surface area contributed by atoms with Gasteiger partial charge in [0.15, 0.2) is 5.41 Å². The summed E-state index contributed by atoms with van der Waals surface area (Å²) in [4.78, 5) is 37.1. The summed E-state index contributed by atoms with van der Waals surface area (Å²) < 4.78 is 10.9. The fourth-order valence-electron chi connectivity index (χ4n) is 2.94. The van der Waals surface area contributed by atoms with Gasteiger partial charge in [0.1, 0.15) is 19.5 Å². The lowest BCUT2D eigenvalue weighted by Gasteiger charge is -2.28. The molecule has 2 aromatic carbocycles. The standard InChI is InChI=1S/C24H26O6/c25-16-8-7-14-24(15-9-17-26,22(27)29-18-20-10-3-1-4-11-20)23(28)30-19-21-12-5-2-6-13-21/h1-8,10-13,17,25H,9,14-16,18-19H2/b8-7-. The first-order chi connectivity index (χ1) is 14.6. The fourth-order valence-corrected chi connectivity index (χ4v) is 2.94. The van der Waals surface area contributed by atoms with Gasteiger partial charge in [0.05, 0.1) is 6.61 Å². The SMILES string of the molecule is O=CCCC(C/C=C\CO)(C(=O)OCc1ccccc1)C(=O)OCc1ccccc1. The summed E-state index contributed by atoms with van der Waals surface area (Å²) in [5.41, 5.74) is -0.117. The quantitative estimate of drug-likeness (QED) is 0.250. The average Bonchev–Trinajstić information content (AvgIpc) is 2.79. The zero-order valence-corrected chi connectivity index (χ0v) is 16.7. The predicted molar refractivity (Wildman–Crippen MR) is 111 cm³/mol. The molecule has 1 N–H and O–H groups in total. The molecular formula is C24H26O6. The van der Waals surface area contributed by atoms with Gasteiger partial charge in [-0.05, 0) is 24.0 Å². The van der Waals surface area contributed by atoms with Gasteiger partial charge in [-0.15, -0.1) is 0 Å². The molecule has 0 aliphatic heterocycles. The third-order valence-electron chi connectivity index (χ3n) is 4.63. The number of benzene rings is 2. The number of aldehydes is 1. The van der Waals surface area contributed by atoms with Crippen molar-refractivity contribution in [2.75, 3.05) is 6.61 Å². The molecule has 0 atom stereocenters. The van der Waals surface area contributed by atoms with Gasteiger partial charge in [0.25, 0.3) is 0 Å². The Balaban J connectivity index is 2.22. The van der Waals surface area contributed by atoms with Crippen LogP contribution in [0.4, 0.5) is 0 Å². The third kappa shape index (κ3) is 6.67. The second-order valence-corrected chi connectivity index (χ2v) is 6.77. The summed E-state index contributed by atoms with van der Waals surface area (Å²) in [6.45, 7) is -0.238. The Morgan fingerprint density at radius 1 is 0.833 bits per heavy atom. The summed E-state index contributed by atoms with van der Waals surface area (Å²) in [7, 11) is 0. The van der Waals surface area contributed by atoms with Crippen molar-refractivity contribution < 1.29 is 29.0 Å². The molecule has 0 fully saturated rings. The third-order valence-corrected chi connectivity index (χ3v) is 4.63. The summed E-state index contributed by atoms with van der Waals surface area (Å²) in [6.07, 6.45) is 3.52. The zero-order chi connectivity index (χ0) is 21.7. The number of hydrogen-bond donors (Lipinski definition) is 1. The van der Waals surface area contributed by atoms with Gasteiger partial charge < -0.3 is 19.4 Å². The molecule has 30 heavy (non-hydrogen) atoms. The minimum absolute atomic E-state index is 0.00179. The number of aliphatic hydroxyl groups is 1. The number of esters is 2. The molecule has 0 radical (unpaired) electrons. The van der Waals surface area contributed by atoms with Crippen LogP contribution in [0.5, 0.6) is 0 Å². The van der Waals surface area contributed by atoms with E-state index in [0.717, 1.165) is 11.1 Å². The maximum absolute atomic E-state index is 13.1. The monoisotopic (exact) mass is 410 g/mol. The minimum atomic E-state index is -1.67. The zero-order valence-electron chi connectivity index (χ0n) is 16.7. The normalized spacial score (nSPS) is 11.2. The van der Waals surface area contributed by atoms with Crippen LogP contribution < -0.4 is 0 Å². The molecule has 0 unspecified atom stereocenters. The molecule has 0 amide bonds. The molecule has 0 aliphatic carbocycles. The van der Waals surface area contributed by atoms with Crippen LogP contribution in [-0.2, 0) is 37.1 Å². The number of rotatable bonds is 12. The van der Waals surface area contributed by atoms with E-state index in [0.29, 0.717) is 6.29 Å². The molecule has 0 aromatic heterocycles. The Labute approximate surface area is 176 Å². The van der Waals surface area contributed by atoms with Crippen LogP contribution in [0.3, 0.4) is 0 Å². The summed E-state index contributed by atoms with van der Waals surface area (Å²) >= 11 is 0. The van der Waals surface area contributed by atoms with Crippen molar-refractivity contribution >= 4 is 18.2 Å². The predicted octanol–water partition coefficient (Wildman–Crippen LogP) is 3.38. The van der Waals surface area contributed by atoms with Gasteiger partial charge >= 0.3 is 11.9 Å². The fraction of sp³-hybridized carbons (Fsp3) is 0.292. The van der Waals surface area contributed by atoms with Crippen molar-refractivity contribution in [2.45, 2.75) is 32.5 Å². The van der Waals surface area contributed by atoms with Crippen LogP contribution in [0.2, 0.25) is 0 Å². The van der Waals surface area contributed by atoms with Gasteiger partial charge in [-0.1, -0.05) is 72.8 Å². The summed E-state index contributed by atoms with van der Waals surface area (Å²) in [6, 6.07) is 18.2. The van der Waals surface area contributed by atoms with E-state index in [2.05, 4.69) is 0 Å². The molecule has 158 valence electrons. The van der Waals surface area contributed by atoms with Crippen molar-refractivity contribution in [3.63, 3.8) is 0 Å². The van der Waals surface area contributed by atoms with Gasteiger partial charge in [-0.3, -0.25) is 9.59 Å². The summed E-state index contributed by atoms with van der Waals surface area (Å²) in [5, 5.41) is 9.05. The second-order valence-electron chi connectivity index (χ2n) is 6.77. The van der Waals surface area contributed by atoms with E-state index < -0.39 is 17.4 Å². The Morgan fingerprint density at radius 2 is 1.33 bits per heavy atom. The second kappa shape index (κ2) is 12.3. The summed E-state index contributed by atoms with van der Waals surface area (Å²) in [5.74, 6) is -1.51. The number of allylic oxidation sites excluding steroid dienone is 1. The van der Waals surface area contributed by atoms with E-state index in [1.165, 1.54) is 12.2 Å². The Bertz CT molecular complexity index is 774. The largest absolute Gasteiger partial charge is 0.460 e.